The van der Waals surface area contributed by atoms with Crippen LogP contribution in [0.4, 0.5) is 11.6 Å². The molecule has 2 aromatic rings. The van der Waals surface area contributed by atoms with Crippen molar-refractivity contribution in [2.75, 3.05) is 36.5 Å². The van der Waals surface area contributed by atoms with Gasteiger partial charge in [-0.2, -0.15) is 9.61 Å². The summed E-state index contributed by atoms with van der Waals surface area (Å²) in [5.41, 5.74) is 0.711. The number of aromatic nitrogens is 3. The van der Waals surface area contributed by atoms with Gasteiger partial charge in [-0.25, -0.2) is 4.98 Å². The number of nitrogens with one attached hydrogen (secondary N) is 1. The first kappa shape index (κ1) is 11.0. The molecule has 94 valence electrons. The summed E-state index contributed by atoms with van der Waals surface area (Å²) in [4.78, 5) is 17.0. The molecule has 0 bridgehead atoms. The smallest absolute Gasteiger partial charge is 0.212 e. The lowest BCUT2D eigenvalue weighted by Gasteiger charge is -2.29. The third kappa shape index (κ3) is 1.88. The Bertz CT molecular complexity index is 562. The average molecular weight is 247 g/mol. The van der Waals surface area contributed by atoms with Gasteiger partial charge in [-0.05, 0) is 0 Å². The van der Waals surface area contributed by atoms with Crippen molar-refractivity contribution in [3.63, 3.8) is 0 Å². The maximum Gasteiger partial charge on any atom is 0.212 e. The second kappa shape index (κ2) is 4.61. The Morgan fingerprint density at radius 2 is 2.22 bits per heavy atom. The second-order valence-electron chi connectivity index (χ2n) is 3.96. The van der Waals surface area contributed by atoms with Crippen molar-refractivity contribution in [1.29, 1.82) is 0 Å². The summed E-state index contributed by atoms with van der Waals surface area (Å²) in [6.07, 6.45) is 2.31. The topological polar surface area (TPSA) is 71.8 Å². The van der Waals surface area contributed by atoms with E-state index in [4.69, 9.17) is 4.74 Å². The van der Waals surface area contributed by atoms with Gasteiger partial charge < -0.3 is 15.0 Å². The molecule has 2 aromatic heterocycles. The normalized spacial score (nSPS) is 15.9. The van der Waals surface area contributed by atoms with Gasteiger partial charge in [0.15, 0.2) is 5.65 Å². The van der Waals surface area contributed by atoms with E-state index < -0.39 is 0 Å². The number of ether oxygens (including phenoxy) is 1. The van der Waals surface area contributed by atoms with Crippen molar-refractivity contribution >= 4 is 23.7 Å². The molecule has 1 fully saturated rings. The van der Waals surface area contributed by atoms with Crippen LogP contribution >= 0.6 is 0 Å². The molecule has 0 radical (unpaired) electrons. The van der Waals surface area contributed by atoms with Gasteiger partial charge in [0.1, 0.15) is 11.6 Å². The minimum Gasteiger partial charge on any atom is -0.378 e. The quantitative estimate of drug-likeness (QED) is 0.781. The Kier molecular flexibility index (Phi) is 2.81. The van der Waals surface area contributed by atoms with Crippen LogP contribution in [-0.2, 0) is 9.53 Å². The Morgan fingerprint density at radius 3 is 3.00 bits per heavy atom. The third-order valence-electron chi connectivity index (χ3n) is 2.88. The van der Waals surface area contributed by atoms with Crippen molar-refractivity contribution in [2.24, 2.45) is 0 Å². The summed E-state index contributed by atoms with van der Waals surface area (Å²) >= 11 is 0. The Morgan fingerprint density at radius 1 is 1.39 bits per heavy atom. The van der Waals surface area contributed by atoms with E-state index >= 15 is 0 Å². The zero-order valence-corrected chi connectivity index (χ0v) is 9.74. The van der Waals surface area contributed by atoms with Crippen molar-refractivity contribution < 1.29 is 9.53 Å². The van der Waals surface area contributed by atoms with Crippen LogP contribution < -0.4 is 10.2 Å². The van der Waals surface area contributed by atoms with Gasteiger partial charge in [0.05, 0.1) is 19.4 Å². The highest BCUT2D eigenvalue weighted by atomic mass is 16.5. The molecular weight excluding hydrogens is 234 g/mol. The zero-order valence-electron chi connectivity index (χ0n) is 9.74. The molecule has 7 nitrogen and oxygen atoms in total. The van der Waals surface area contributed by atoms with E-state index in [2.05, 4.69) is 20.3 Å². The summed E-state index contributed by atoms with van der Waals surface area (Å²) in [6.45, 7) is 3.00. The van der Waals surface area contributed by atoms with Gasteiger partial charge in [-0.3, -0.25) is 4.79 Å². The Labute approximate surface area is 103 Å². The number of amides is 1. The molecule has 1 saturated heterocycles. The maximum atomic E-state index is 10.5. The van der Waals surface area contributed by atoms with Gasteiger partial charge >= 0.3 is 0 Å². The molecule has 3 heterocycles. The van der Waals surface area contributed by atoms with E-state index in [1.807, 2.05) is 6.07 Å². The summed E-state index contributed by atoms with van der Waals surface area (Å²) in [7, 11) is 0. The fourth-order valence-corrected chi connectivity index (χ4v) is 2.05. The molecule has 0 unspecified atom stereocenters. The number of nitrogens with zero attached hydrogens (tertiary/aromatic N) is 4. The molecule has 18 heavy (non-hydrogen) atoms. The van der Waals surface area contributed by atoms with Crippen LogP contribution in [-0.4, -0.2) is 47.3 Å². The number of fused-ring (bicyclic) bond motifs is 1. The number of rotatable bonds is 3. The third-order valence-corrected chi connectivity index (χ3v) is 2.88. The molecule has 0 spiro atoms. The lowest BCUT2D eigenvalue weighted by molar-refractivity contribution is -0.105. The van der Waals surface area contributed by atoms with Gasteiger partial charge in [0.25, 0.3) is 0 Å². The fourth-order valence-electron chi connectivity index (χ4n) is 2.05. The van der Waals surface area contributed by atoms with Gasteiger partial charge in [0.2, 0.25) is 6.41 Å². The molecule has 1 aliphatic rings. The highest BCUT2D eigenvalue weighted by Gasteiger charge is 2.16. The number of anilines is 2. The SMILES string of the molecule is O=CNc1cc(N2CCOCC2)n2nccc2n1. The predicted molar refractivity (Wildman–Crippen MR) is 65.7 cm³/mol. The van der Waals surface area contributed by atoms with E-state index in [0.29, 0.717) is 31.1 Å². The minimum atomic E-state index is 0.527. The number of hydrogen-bond donors (Lipinski definition) is 1. The van der Waals surface area contributed by atoms with E-state index in [0.717, 1.165) is 18.9 Å². The van der Waals surface area contributed by atoms with Gasteiger partial charge in [-0.1, -0.05) is 0 Å². The minimum absolute atomic E-state index is 0.527. The lowest BCUT2D eigenvalue weighted by Crippen LogP contribution is -2.37. The molecule has 0 aliphatic carbocycles. The van der Waals surface area contributed by atoms with Crippen molar-refractivity contribution in [1.82, 2.24) is 14.6 Å². The number of morpholine rings is 1. The van der Waals surface area contributed by atoms with Crippen LogP contribution in [0.5, 0.6) is 0 Å². The van der Waals surface area contributed by atoms with Crippen LogP contribution in [0.1, 0.15) is 0 Å². The van der Waals surface area contributed by atoms with Crippen LogP contribution in [0.15, 0.2) is 18.3 Å². The van der Waals surface area contributed by atoms with E-state index in [1.165, 1.54) is 0 Å². The molecule has 3 rings (SSSR count). The Hall–Kier alpha value is -2.15. The van der Waals surface area contributed by atoms with Gasteiger partial charge in [-0.15, -0.1) is 0 Å². The standard InChI is InChI=1S/C11H13N5O2/c17-8-12-9-7-11(15-3-5-18-6-4-15)16-10(14-9)1-2-13-16/h1-2,7-8H,3-6H2,(H,12,14,17). The maximum absolute atomic E-state index is 10.5. The number of hydrogen-bond acceptors (Lipinski definition) is 5. The molecule has 7 heteroatoms. The highest BCUT2D eigenvalue weighted by molar-refractivity contribution is 5.72. The van der Waals surface area contributed by atoms with Crippen molar-refractivity contribution in [3.05, 3.63) is 18.3 Å². The molecular formula is C11H13N5O2. The first-order chi connectivity index (χ1) is 8.88. The second-order valence-corrected chi connectivity index (χ2v) is 3.96. The largest absolute Gasteiger partial charge is 0.378 e. The van der Waals surface area contributed by atoms with Crippen molar-refractivity contribution in [2.45, 2.75) is 0 Å². The van der Waals surface area contributed by atoms with Crippen LogP contribution in [0.2, 0.25) is 0 Å². The lowest BCUT2D eigenvalue weighted by atomic mass is 10.4. The summed E-state index contributed by atoms with van der Waals surface area (Å²) in [5, 5.41) is 6.83. The highest BCUT2D eigenvalue weighted by Crippen LogP contribution is 2.20. The van der Waals surface area contributed by atoms with Crippen LogP contribution in [0.3, 0.4) is 0 Å². The number of carbonyl (C=O) groups is 1. The molecule has 0 aromatic carbocycles. The molecule has 0 saturated carbocycles. The molecule has 1 amide bonds. The first-order valence-corrected chi connectivity index (χ1v) is 5.76. The van der Waals surface area contributed by atoms with E-state index in [-0.39, 0.29) is 0 Å². The monoisotopic (exact) mass is 247 g/mol. The molecule has 1 N–H and O–H groups in total. The first-order valence-electron chi connectivity index (χ1n) is 5.76. The summed E-state index contributed by atoms with van der Waals surface area (Å²) in [5.74, 6) is 1.44. The van der Waals surface area contributed by atoms with Crippen LogP contribution in [0, 0.1) is 0 Å². The fraction of sp³-hybridized carbons (Fsp3) is 0.364. The zero-order chi connectivity index (χ0) is 12.4. The predicted octanol–water partition coefficient (Wildman–Crippen LogP) is 0.134. The average Bonchev–Trinajstić information content (AvgIpc) is 2.87. The van der Waals surface area contributed by atoms with E-state index in [1.54, 1.807) is 16.8 Å². The molecule has 0 atom stereocenters. The van der Waals surface area contributed by atoms with Gasteiger partial charge in [0, 0.05) is 25.2 Å². The van der Waals surface area contributed by atoms with Crippen molar-refractivity contribution in [3.8, 4) is 0 Å². The number of carbonyl (C=O) groups excluding carboxylic acids is 1. The summed E-state index contributed by atoms with van der Waals surface area (Å²) in [6, 6.07) is 3.62. The molecule has 1 aliphatic heterocycles. The summed E-state index contributed by atoms with van der Waals surface area (Å²) < 4.78 is 7.10. The van der Waals surface area contributed by atoms with Crippen LogP contribution in [0.25, 0.3) is 5.65 Å². The Balaban J connectivity index is 2.06. The van der Waals surface area contributed by atoms with E-state index in [9.17, 15) is 4.79 Å².